The van der Waals surface area contributed by atoms with Crippen molar-refractivity contribution in [3.8, 4) is 0 Å². The minimum Gasteiger partial charge on any atom is -0.306 e. The Morgan fingerprint density at radius 1 is 1.58 bits per heavy atom. The summed E-state index contributed by atoms with van der Waals surface area (Å²) in [4.78, 5) is 10.8. The van der Waals surface area contributed by atoms with E-state index in [1.165, 1.54) is 0 Å². The van der Waals surface area contributed by atoms with Gasteiger partial charge in [0.2, 0.25) is 5.91 Å². The Morgan fingerprint density at radius 3 is 2.67 bits per heavy atom. The van der Waals surface area contributed by atoms with Gasteiger partial charge in [-0.1, -0.05) is 0 Å². The molecule has 1 aliphatic rings. The van der Waals surface area contributed by atoms with E-state index in [1.807, 2.05) is 0 Å². The molecule has 72 valence electrons. The molecule has 12 heavy (non-hydrogen) atoms. The van der Waals surface area contributed by atoms with Crippen molar-refractivity contribution < 1.29 is 13.6 Å². The molecular formula is C6H11ClF2N2O. The molecule has 0 radical (unpaired) electrons. The zero-order valence-electron chi connectivity index (χ0n) is 6.35. The molecule has 1 aliphatic heterocycles. The third kappa shape index (κ3) is 3.32. The van der Waals surface area contributed by atoms with E-state index < -0.39 is 18.5 Å². The van der Waals surface area contributed by atoms with Crippen molar-refractivity contribution in [2.45, 2.75) is 25.4 Å². The van der Waals surface area contributed by atoms with Crippen LogP contribution in [0, 0.1) is 0 Å². The average molecular weight is 201 g/mol. The minimum atomic E-state index is -2.75. The average Bonchev–Trinajstić information content (AvgIpc) is 2.35. The van der Waals surface area contributed by atoms with Gasteiger partial charge >= 0.3 is 6.55 Å². The highest BCUT2D eigenvalue weighted by Crippen LogP contribution is 2.04. The molecule has 0 bridgehead atoms. The van der Waals surface area contributed by atoms with Crippen LogP contribution in [0.15, 0.2) is 0 Å². The lowest BCUT2D eigenvalue weighted by Crippen LogP contribution is -2.42. The van der Waals surface area contributed by atoms with Gasteiger partial charge in [-0.15, -0.1) is 12.4 Å². The molecule has 1 amide bonds. The number of alkyl halides is 2. The lowest BCUT2D eigenvalue weighted by atomic mass is 10.2. The molecule has 0 aliphatic carbocycles. The first-order valence-corrected chi connectivity index (χ1v) is 3.52. The summed E-state index contributed by atoms with van der Waals surface area (Å²) < 4.78 is 23.2. The first-order valence-electron chi connectivity index (χ1n) is 3.52. The van der Waals surface area contributed by atoms with Crippen molar-refractivity contribution in [2.75, 3.05) is 6.54 Å². The Bertz CT molecular complexity index is 150. The molecule has 0 aromatic heterocycles. The summed E-state index contributed by atoms with van der Waals surface area (Å²) >= 11 is 0. The third-order valence-corrected chi connectivity index (χ3v) is 1.63. The number of hydrogen-bond acceptors (Lipinski definition) is 2. The second-order valence-corrected chi connectivity index (χ2v) is 2.46. The van der Waals surface area contributed by atoms with E-state index in [0.29, 0.717) is 6.42 Å². The van der Waals surface area contributed by atoms with Crippen molar-refractivity contribution in [3.63, 3.8) is 0 Å². The van der Waals surface area contributed by atoms with Gasteiger partial charge in [-0.25, -0.2) is 0 Å². The normalized spacial score (nSPS) is 22.1. The number of amides is 1. The highest BCUT2D eigenvalue weighted by Gasteiger charge is 2.23. The molecule has 0 aromatic rings. The number of carbonyl (C=O) groups excluding carboxylic acids is 1. The van der Waals surface area contributed by atoms with E-state index in [-0.39, 0.29) is 12.4 Å². The summed E-state index contributed by atoms with van der Waals surface area (Å²) in [6.45, 7) is -2.01. The van der Waals surface area contributed by atoms with Gasteiger partial charge < -0.3 is 5.32 Å². The van der Waals surface area contributed by atoms with Gasteiger partial charge in [0.25, 0.3) is 0 Å². The minimum absolute atomic E-state index is 0. The number of nitrogens with one attached hydrogen (secondary N) is 2. The number of halogens is 3. The van der Waals surface area contributed by atoms with Crippen LogP contribution >= 0.6 is 12.4 Å². The van der Waals surface area contributed by atoms with Crippen molar-refractivity contribution in [3.05, 3.63) is 0 Å². The lowest BCUT2D eigenvalue weighted by molar-refractivity contribution is -0.126. The van der Waals surface area contributed by atoms with Crippen LogP contribution in [0.2, 0.25) is 0 Å². The highest BCUT2D eigenvalue weighted by molar-refractivity contribution is 5.85. The number of hydrogen-bond donors (Lipinski definition) is 2. The molecular weight excluding hydrogens is 190 g/mol. The van der Waals surface area contributed by atoms with Crippen molar-refractivity contribution >= 4 is 18.3 Å². The zero-order chi connectivity index (χ0) is 8.27. The number of rotatable bonds is 2. The largest absolute Gasteiger partial charge is 0.315 e. The van der Waals surface area contributed by atoms with Gasteiger partial charge in [0.15, 0.2) is 0 Å². The summed E-state index contributed by atoms with van der Waals surface area (Å²) in [6.07, 6.45) is 1.53. The van der Waals surface area contributed by atoms with E-state index in [9.17, 15) is 13.6 Å². The Kier molecular flexibility index (Phi) is 5.08. The van der Waals surface area contributed by atoms with Crippen LogP contribution in [0.1, 0.15) is 12.8 Å². The first-order chi connectivity index (χ1) is 5.20. The molecule has 1 atom stereocenters. The zero-order valence-corrected chi connectivity index (χ0v) is 7.16. The van der Waals surface area contributed by atoms with Gasteiger partial charge in [-0.05, 0) is 19.4 Å². The van der Waals surface area contributed by atoms with Gasteiger partial charge in [0, 0.05) is 0 Å². The molecule has 1 unspecified atom stereocenters. The fraction of sp³-hybridized carbons (Fsp3) is 0.833. The van der Waals surface area contributed by atoms with Gasteiger partial charge in [-0.3, -0.25) is 10.1 Å². The summed E-state index contributed by atoms with van der Waals surface area (Å²) in [5.74, 6) is -0.600. The van der Waals surface area contributed by atoms with E-state index in [0.717, 1.165) is 13.0 Å². The third-order valence-electron chi connectivity index (χ3n) is 1.63. The van der Waals surface area contributed by atoms with Gasteiger partial charge in [0.1, 0.15) is 0 Å². The second-order valence-electron chi connectivity index (χ2n) is 2.46. The van der Waals surface area contributed by atoms with Crippen molar-refractivity contribution in [2.24, 2.45) is 0 Å². The van der Waals surface area contributed by atoms with E-state index >= 15 is 0 Å². The van der Waals surface area contributed by atoms with Crippen LogP contribution in [0.5, 0.6) is 0 Å². The molecule has 2 N–H and O–H groups in total. The maximum atomic E-state index is 11.6. The molecule has 1 fully saturated rings. The van der Waals surface area contributed by atoms with Crippen LogP contribution in [0.3, 0.4) is 0 Å². The first kappa shape index (κ1) is 11.6. The smallest absolute Gasteiger partial charge is 0.306 e. The van der Waals surface area contributed by atoms with E-state index in [4.69, 9.17) is 0 Å². The quantitative estimate of drug-likeness (QED) is 0.638. The predicted octanol–water partition coefficient (Wildman–Crippen LogP) is 0.499. The van der Waals surface area contributed by atoms with Crippen molar-refractivity contribution in [1.29, 1.82) is 0 Å². The molecule has 0 spiro atoms. The van der Waals surface area contributed by atoms with Gasteiger partial charge in [-0.2, -0.15) is 8.78 Å². The SMILES string of the molecule is Cl.O=C(NC(F)F)C1CCCN1. The van der Waals surface area contributed by atoms with E-state index in [1.54, 1.807) is 5.32 Å². The molecule has 1 heterocycles. The lowest BCUT2D eigenvalue weighted by Gasteiger charge is -2.09. The van der Waals surface area contributed by atoms with Crippen molar-refractivity contribution in [1.82, 2.24) is 10.6 Å². The Balaban J connectivity index is 0.00000121. The van der Waals surface area contributed by atoms with Crippen LogP contribution in [0.4, 0.5) is 8.78 Å². The highest BCUT2D eigenvalue weighted by atomic mass is 35.5. The maximum Gasteiger partial charge on any atom is 0.315 e. The standard InChI is InChI=1S/C6H10F2N2O.ClH/c7-6(8)10-5(11)4-2-1-3-9-4;/h4,6,9H,1-3H2,(H,10,11);1H. The van der Waals surface area contributed by atoms with Gasteiger partial charge in [0.05, 0.1) is 6.04 Å². The van der Waals surface area contributed by atoms with Crippen LogP contribution in [-0.2, 0) is 4.79 Å². The molecule has 1 rings (SSSR count). The monoisotopic (exact) mass is 200 g/mol. The fourth-order valence-corrected chi connectivity index (χ4v) is 1.12. The molecule has 0 aromatic carbocycles. The summed E-state index contributed by atoms with van der Waals surface area (Å²) in [5, 5.41) is 4.37. The molecule has 3 nitrogen and oxygen atoms in total. The molecule has 1 saturated heterocycles. The molecule has 6 heteroatoms. The summed E-state index contributed by atoms with van der Waals surface area (Å²) in [6, 6.07) is -0.413. The molecule has 0 saturated carbocycles. The Labute approximate surface area is 75.3 Å². The predicted molar refractivity (Wildman–Crippen MR) is 42.4 cm³/mol. The second kappa shape index (κ2) is 5.27. The fourth-order valence-electron chi connectivity index (χ4n) is 1.12. The summed E-state index contributed by atoms with van der Waals surface area (Å²) in [7, 11) is 0. The topological polar surface area (TPSA) is 41.1 Å². The Morgan fingerprint density at radius 2 is 2.25 bits per heavy atom. The van der Waals surface area contributed by atoms with Crippen LogP contribution < -0.4 is 10.6 Å². The van der Waals surface area contributed by atoms with Crippen LogP contribution in [0.25, 0.3) is 0 Å². The van der Waals surface area contributed by atoms with Crippen LogP contribution in [-0.4, -0.2) is 25.0 Å². The van der Waals surface area contributed by atoms with E-state index in [2.05, 4.69) is 5.32 Å². The Hall–Kier alpha value is -0.420. The summed E-state index contributed by atoms with van der Waals surface area (Å²) in [5.41, 5.74) is 0. The number of carbonyl (C=O) groups is 1. The maximum absolute atomic E-state index is 11.6.